The molecule has 0 saturated heterocycles. The van der Waals surface area contributed by atoms with E-state index in [0.717, 1.165) is 0 Å². The molecule has 1 N–H and O–H groups in total. The Bertz CT molecular complexity index is 711. The molecule has 25 heavy (non-hydrogen) atoms. The molecule has 1 unspecified atom stereocenters. The second-order valence-corrected chi connectivity index (χ2v) is 6.65. The van der Waals surface area contributed by atoms with Gasteiger partial charge in [0.25, 0.3) is 5.91 Å². The van der Waals surface area contributed by atoms with Crippen LogP contribution in [-0.2, 0) is 4.74 Å². The maximum absolute atomic E-state index is 12.3. The highest BCUT2D eigenvalue weighted by Crippen LogP contribution is 2.36. The third kappa shape index (κ3) is 5.96. The second-order valence-electron chi connectivity index (χ2n) is 5.52. The first kappa shape index (κ1) is 19.1. The van der Waals surface area contributed by atoms with Crippen LogP contribution in [0, 0.1) is 11.3 Å². The predicted molar refractivity (Wildman–Crippen MR) is 87.9 cm³/mol. The van der Waals surface area contributed by atoms with Crippen LogP contribution < -0.4 is 5.32 Å². The summed E-state index contributed by atoms with van der Waals surface area (Å²) in [6.45, 7) is 1.48. The lowest BCUT2D eigenvalue weighted by molar-refractivity contribution is -0.0328. The summed E-state index contributed by atoms with van der Waals surface area (Å²) in [5, 5.41) is 11.9. The number of nitrogens with one attached hydrogen (secondary N) is 1. The number of carbonyl (C=O) groups excluding carboxylic acids is 1. The van der Waals surface area contributed by atoms with Gasteiger partial charge in [0.15, 0.2) is 0 Å². The Morgan fingerprint density at radius 3 is 2.40 bits per heavy atom. The largest absolute Gasteiger partial charge is 0.446 e. The summed E-state index contributed by atoms with van der Waals surface area (Å²) in [6.07, 6.45) is 6.98. The van der Waals surface area contributed by atoms with E-state index in [4.69, 9.17) is 4.74 Å². The fourth-order valence-corrected chi connectivity index (χ4v) is 2.55. The topological polar surface area (TPSA) is 62.1 Å². The maximum atomic E-state index is 12.3. The van der Waals surface area contributed by atoms with Gasteiger partial charge in [0.05, 0.1) is 18.8 Å². The van der Waals surface area contributed by atoms with Crippen molar-refractivity contribution >= 4 is 17.7 Å². The van der Waals surface area contributed by atoms with Crippen LogP contribution in [0.15, 0.2) is 53.5 Å². The quantitative estimate of drug-likeness (QED) is 0.776. The van der Waals surface area contributed by atoms with E-state index in [0.29, 0.717) is 0 Å². The first-order valence-corrected chi connectivity index (χ1v) is 8.09. The molecule has 1 aliphatic rings. The molecule has 1 amide bonds. The molecule has 0 bridgehead atoms. The summed E-state index contributed by atoms with van der Waals surface area (Å²) in [6, 6.07) is 6.97. The summed E-state index contributed by atoms with van der Waals surface area (Å²) >= 11 is -0.256. The first-order valence-electron chi connectivity index (χ1n) is 7.27. The average molecular weight is 368 g/mol. The van der Waals surface area contributed by atoms with Gasteiger partial charge >= 0.3 is 5.51 Å². The van der Waals surface area contributed by atoms with Gasteiger partial charge in [-0.3, -0.25) is 4.79 Å². The van der Waals surface area contributed by atoms with Gasteiger partial charge in [-0.2, -0.15) is 18.4 Å². The van der Waals surface area contributed by atoms with Gasteiger partial charge in [-0.05, 0) is 43.0 Å². The lowest BCUT2D eigenvalue weighted by atomic mass is 10.1. The zero-order valence-corrected chi connectivity index (χ0v) is 14.0. The molecular weight excluding hydrogens is 353 g/mol. The number of benzene rings is 1. The summed E-state index contributed by atoms with van der Waals surface area (Å²) in [4.78, 5) is 12.2. The molecular formula is C17H15F3N2O2S. The number of ether oxygens (including phenoxy) is 1. The minimum atomic E-state index is -4.39. The molecule has 1 aromatic carbocycles. The number of amides is 1. The monoisotopic (exact) mass is 368 g/mol. The molecule has 1 aliphatic carbocycles. The summed E-state index contributed by atoms with van der Waals surface area (Å²) in [5.74, 6) is -0.561. The Hall–Kier alpha value is -2.24. The minimum Gasteiger partial charge on any atom is -0.366 e. The number of nitriles is 1. The van der Waals surface area contributed by atoms with Crippen molar-refractivity contribution in [2.24, 2.45) is 0 Å². The van der Waals surface area contributed by atoms with Crippen LogP contribution >= 0.6 is 11.8 Å². The first-order chi connectivity index (χ1) is 11.7. The van der Waals surface area contributed by atoms with E-state index in [1.165, 1.54) is 31.2 Å². The van der Waals surface area contributed by atoms with Crippen LogP contribution in [0.5, 0.6) is 0 Å². The van der Waals surface area contributed by atoms with Gasteiger partial charge in [0.1, 0.15) is 5.54 Å². The van der Waals surface area contributed by atoms with Crippen molar-refractivity contribution in [1.29, 1.82) is 5.26 Å². The van der Waals surface area contributed by atoms with Crippen molar-refractivity contribution in [3.8, 4) is 6.07 Å². The predicted octanol–water partition coefficient (Wildman–Crippen LogP) is 3.82. The number of alkyl halides is 3. The molecule has 4 nitrogen and oxygen atoms in total. The SMILES string of the molecule is CC(C#N)(COC1C=CC=C1)NC(=O)c1ccc(SC(F)(F)F)cc1. The van der Waals surface area contributed by atoms with Gasteiger partial charge < -0.3 is 10.1 Å². The highest BCUT2D eigenvalue weighted by atomic mass is 32.2. The normalized spacial score (nSPS) is 16.4. The number of nitrogens with zero attached hydrogens (tertiary/aromatic N) is 1. The molecule has 0 aliphatic heterocycles. The highest BCUT2D eigenvalue weighted by molar-refractivity contribution is 8.00. The smallest absolute Gasteiger partial charge is 0.366 e. The number of halogens is 3. The van der Waals surface area contributed by atoms with E-state index < -0.39 is 17.0 Å². The van der Waals surface area contributed by atoms with Gasteiger partial charge in [-0.15, -0.1) is 0 Å². The lowest BCUT2D eigenvalue weighted by Crippen LogP contribution is -2.48. The standard InChI is InChI=1S/C17H15F3N2O2S/c1-16(10-21,11-24-13-4-2-3-5-13)22-15(23)12-6-8-14(9-7-12)25-17(18,19)20/h2-9,13H,11H2,1H3,(H,22,23). The summed E-state index contributed by atoms with van der Waals surface area (Å²) < 4.78 is 42.4. The number of carbonyl (C=O) groups is 1. The molecule has 132 valence electrons. The van der Waals surface area contributed by atoms with Gasteiger partial charge in [-0.1, -0.05) is 24.3 Å². The molecule has 0 heterocycles. The number of rotatable bonds is 6. The Morgan fingerprint density at radius 1 is 1.28 bits per heavy atom. The molecule has 2 rings (SSSR count). The number of thioether (sulfide) groups is 1. The molecule has 0 saturated carbocycles. The van der Waals surface area contributed by atoms with Crippen LogP contribution in [-0.4, -0.2) is 29.7 Å². The molecule has 0 spiro atoms. The number of allylic oxidation sites excluding steroid dienone is 2. The van der Waals surface area contributed by atoms with E-state index in [1.807, 2.05) is 18.2 Å². The van der Waals surface area contributed by atoms with Gasteiger partial charge in [0, 0.05) is 10.5 Å². The van der Waals surface area contributed by atoms with Gasteiger partial charge in [-0.25, -0.2) is 0 Å². The van der Waals surface area contributed by atoms with E-state index >= 15 is 0 Å². The van der Waals surface area contributed by atoms with Crippen molar-refractivity contribution in [2.75, 3.05) is 6.61 Å². The van der Waals surface area contributed by atoms with E-state index in [1.54, 1.807) is 12.2 Å². The average Bonchev–Trinajstić information content (AvgIpc) is 3.05. The Labute approximate surface area is 147 Å². The molecule has 0 aromatic heterocycles. The van der Waals surface area contributed by atoms with Crippen LogP contribution in [0.4, 0.5) is 13.2 Å². The van der Waals surface area contributed by atoms with Crippen LogP contribution in [0.2, 0.25) is 0 Å². The Kier molecular flexibility index (Phi) is 5.93. The second kappa shape index (κ2) is 7.76. The fraction of sp³-hybridized carbons (Fsp3) is 0.294. The maximum Gasteiger partial charge on any atom is 0.446 e. The number of hydrogen-bond acceptors (Lipinski definition) is 4. The van der Waals surface area contributed by atoms with Crippen molar-refractivity contribution in [1.82, 2.24) is 5.32 Å². The highest BCUT2D eigenvalue weighted by Gasteiger charge is 2.30. The van der Waals surface area contributed by atoms with Crippen molar-refractivity contribution < 1.29 is 22.7 Å². The van der Waals surface area contributed by atoms with Crippen LogP contribution in [0.3, 0.4) is 0 Å². The van der Waals surface area contributed by atoms with Crippen LogP contribution in [0.1, 0.15) is 17.3 Å². The third-order valence-corrected chi connectivity index (χ3v) is 4.00. The summed E-state index contributed by atoms with van der Waals surface area (Å²) in [7, 11) is 0. The third-order valence-electron chi connectivity index (χ3n) is 3.26. The van der Waals surface area contributed by atoms with E-state index in [-0.39, 0.29) is 34.9 Å². The van der Waals surface area contributed by atoms with Gasteiger partial charge in [0.2, 0.25) is 0 Å². The molecule has 0 fully saturated rings. The molecule has 1 aromatic rings. The molecule has 8 heteroatoms. The lowest BCUT2D eigenvalue weighted by Gasteiger charge is -2.24. The Balaban J connectivity index is 1.97. The van der Waals surface area contributed by atoms with Crippen LogP contribution in [0.25, 0.3) is 0 Å². The van der Waals surface area contributed by atoms with E-state index in [9.17, 15) is 23.2 Å². The van der Waals surface area contributed by atoms with Crippen molar-refractivity contribution in [3.63, 3.8) is 0 Å². The van der Waals surface area contributed by atoms with Crippen molar-refractivity contribution in [3.05, 3.63) is 54.1 Å². The van der Waals surface area contributed by atoms with Crippen molar-refractivity contribution in [2.45, 2.75) is 29.0 Å². The summed E-state index contributed by atoms with van der Waals surface area (Å²) in [5.41, 5.74) is -5.49. The minimum absolute atomic E-state index is 0.0183. The zero-order chi connectivity index (χ0) is 18.5. The zero-order valence-electron chi connectivity index (χ0n) is 13.2. The fourth-order valence-electron chi connectivity index (χ4n) is 2.01. The molecule has 1 atom stereocenters. The van der Waals surface area contributed by atoms with E-state index in [2.05, 4.69) is 5.32 Å². The Morgan fingerprint density at radius 2 is 1.88 bits per heavy atom. The molecule has 0 radical (unpaired) electrons. The number of hydrogen-bond donors (Lipinski definition) is 1.